The molecule has 2 heterocycles. The van der Waals surface area contributed by atoms with Gasteiger partial charge in [-0.05, 0) is 13.3 Å². The van der Waals surface area contributed by atoms with Crippen LogP contribution in [0.25, 0.3) is 0 Å². The molecule has 4 nitrogen and oxygen atoms in total. The lowest BCUT2D eigenvalue weighted by molar-refractivity contribution is 0.0713. The third kappa shape index (κ3) is 4.71. The molecule has 0 radical (unpaired) electrons. The summed E-state index contributed by atoms with van der Waals surface area (Å²) in [5.41, 5.74) is 3.08. The highest BCUT2D eigenvalue weighted by Gasteiger charge is 2.15. The van der Waals surface area contributed by atoms with Gasteiger partial charge in [-0.3, -0.25) is 0 Å². The van der Waals surface area contributed by atoms with E-state index in [4.69, 9.17) is 4.74 Å². The minimum absolute atomic E-state index is 0.505. The van der Waals surface area contributed by atoms with Crippen LogP contribution in [-0.2, 0) is 11.2 Å². The van der Waals surface area contributed by atoms with Crippen molar-refractivity contribution < 1.29 is 4.74 Å². The Kier molecular flexibility index (Phi) is 5.38. The quantitative estimate of drug-likeness (QED) is 0.797. The molecule has 1 aliphatic heterocycles. The van der Waals surface area contributed by atoms with Crippen molar-refractivity contribution in [2.24, 2.45) is 0 Å². The number of morpholine rings is 1. The van der Waals surface area contributed by atoms with Crippen LogP contribution in [0.1, 0.15) is 19.0 Å². The van der Waals surface area contributed by atoms with Crippen molar-refractivity contribution in [2.45, 2.75) is 31.8 Å². The van der Waals surface area contributed by atoms with Crippen molar-refractivity contribution in [2.75, 3.05) is 26.3 Å². The Hall–Kier alpha value is -0.490. The lowest BCUT2D eigenvalue weighted by atomic mass is 10.1. The third-order valence-electron chi connectivity index (χ3n) is 2.99. The maximum absolute atomic E-state index is 5.45. The molecule has 1 fully saturated rings. The van der Waals surface area contributed by atoms with Crippen molar-refractivity contribution >= 4 is 11.3 Å². The van der Waals surface area contributed by atoms with Gasteiger partial charge in [0.05, 0.1) is 24.4 Å². The monoisotopic (exact) mass is 255 g/mol. The molecule has 1 aromatic heterocycles. The summed E-state index contributed by atoms with van der Waals surface area (Å²) in [4.78, 5) is 4.27. The summed E-state index contributed by atoms with van der Waals surface area (Å²) in [6.07, 6.45) is 2.14. The molecule has 2 rings (SSSR count). The summed E-state index contributed by atoms with van der Waals surface area (Å²) in [6, 6.07) is 1.03. The lowest BCUT2D eigenvalue weighted by Gasteiger charge is -2.26. The van der Waals surface area contributed by atoms with Crippen molar-refractivity contribution in [3.8, 4) is 0 Å². The van der Waals surface area contributed by atoms with Gasteiger partial charge in [0.15, 0.2) is 0 Å². The molecule has 5 heteroatoms. The second kappa shape index (κ2) is 7.06. The fourth-order valence-electron chi connectivity index (χ4n) is 2.09. The number of ether oxygens (including phenoxy) is 1. The standard InChI is InChI=1S/C12H21N3OS/c1-10(6-12-7-16-5-4-14-12)13-3-2-11-8-17-9-15-11/h8-10,12-14H,2-7H2,1H3. The van der Waals surface area contributed by atoms with Crippen LogP contribution in [0.2, 0.25) is 0 Å². The number of nitrogens with zero attached hydrogens (tertiary/aromatic N) is 1. The zero-order valence-electron chi connectivity index (χ0n) is 10.3. The summed E-state index contributed by atoms with van der Waals surface area (Å²) in [5.74, 6) is 0. The highest BCUT2D eigenvalue weighted by Crippen LogP contribution is 2.04. The maximum Gasteiger partial charge on any atom is 0.0794 e. The van der Waals surface area contributed by atoms with Gasteiger partial charge in [0.1, 0.15) is 0 Å². The highest BCUT2D eigenvalue weighted by molar-refractivity contribution is 7.07. The molecule has 2 N–H and O–H groups in total. The smallest absolute Gasteiger partial charge is 0.0794 e. The van der Waals surface area contributed by atoms with Crippen molar-refractivity contribution in [3.63, 3.8) is 0 Å². The molecule has 17 heavy (non-hydrogen) atoms. The first-order valence-corrected chi connectivity index (χ1v) is 7.20. The Balaban J connectivity index is 1.58. The van der Waals surface area contributed by atoms with Crippen LogP contribution in [0, 0.1) is 0 Å². The van der Waals surface area contributed by atoms with Gasteiger partial charge in [0, 0.05) is 37.0 Å². The van der Waals surface area contributed by atoms with Gasteiger partial charge in [-0.2, -0.15) is 0 Å². The SMILES string of the molecule is CC(CC1COCCN1)NCCc1cscn1. The first kappa shape index (κ1) is 13.0. The van der Waals surface area contributed by atoms with Gasteiger partial charge >= 0.3 is 0 Å². The number of aromatic nitrogens is 1. The molecule has 1 aromatic rings. The molecule has 0 aliphatic carbocycles. The number of thiazole rings is 1. The molecule has 1 saturated heterocycles. The molecule has 0 amide bonds. The molecule has 2 atom stereocenters. The Morgan fingerprint density at radius 3 is 3.35 bits per heavy atom. The fourth-order valence-corrected chi connectivity index (χ4v) is 2.68. The van der Waals surface area contributed by atoms with E-state index in [1.54, 1.807) is 11.3 Å². The molecule has 1 aliphatic rings. The van der Waals surface area contributed by atoms with Crippen LogP contribution in [-0.4, -0.2) is 43.4 Å². The molecule has 0 aromatic carbocycles. The number of nitrogens with one attached hydrogen (secondary N) is 2. The van der Waals surface area contributed by atoms with E-state index in [9.17, 15) is 0 Å². The topological polar surface area (TPSA) is 46.2 Å². The first-order chi connectivity index (χ1) is 8.34. The first-order valence-electron chi connectivity index (χ1n) is 6.26. The molecule has 2 unspecified atom stereocenters. The van der Waals surface area contributed by atoms with Gasteiger partial charge in [-0.15, -0.1) is 11.3 Å². The zero-order chi connectivity index (χ0) is 11.9. The Morgan fingerprint density at radius 2 is 2.65 bits per heavy atom. The molecular weight excluding hydrogens is 234 g/mol. The van der Waals surface area contributed by atoms with Crippen LogP contribution in [0.3, 0.4) is 0 Å². The van der Waals surface area contributed by atoms with Gasteiger partial charge < -0.3 is 15.4 Å². The van der Waals surface area contributed by atoms with Crippen molar-refractivity contribution in [1.29, 1.82) is 0 Å². The van der Waals surface area contributed by atoms with E-state index in [-0.39, 0.29) is 0 Å². The molecule has 96 valence electrons. The predicted molar refractivity (Wildman–Crippen MR) is 70.5 cm³/mol. The predicted octanol–water partition coefficient (Wildman–Crippen LogP) is 1.04. The van der Waals surface area contributed by atoms with Crippen LogP contribution in [0.5, 0.6) is 0 Å². The van der Waals surface area contributed by atoms with Gasteiger partial charge in [-0.25, -0.2) is 4.98 Å². The largest absolute Gasteiger partial charge is 0.379 e. The van der Waals surface area contributed by atoms with Crippen LogP contribution in [0.4, 0.5) is 0 Å². The molecule has 0 bridgehead atoms. The van der Waals surface area contributed by atoms with Crippen LogP contribution < -0.4 is 10.6 Å². The van der Waals surface area contributed by atoms with Gasteiger partial charge in [-0.1, -0.05) is 0 Å². The molecule has 0 spiro atoms. The molecular formula is C12H21N3OS. The number of hydrogen-bond acceptors (Lipinski definition) is 5. The second-order valence-corrected chi connectivity index (χ2v) is 5.27. The Morgan fingerprint density at radius 1 is 1.71 bits per heavy atom. The number of hydrogen-bond donors (Lipinski definition) is 2. The summed E-state index contributed by atoms with van der Waals surface area (Å²) in [6.45, 7) is 5.91. The maximum atomic E-state index is 5.45. The Bertz CT molecular complexity index is 299. The van der Waals surface area contributed by atoms with E-state index >= 15 is 0 Å². The fraction of sp³-hybridized carbons (Fsp3) is 0.750. The highest BCUT2D eigenvalue weighted by atomic mass is 32.1. The summed E-state index contributed by atoms with van der Waals surface area (Å²) in [5, 5.41) is 9.13. The second-order valence-electron chi connectivity index (χ2n) is 4.55. The summed E-state index contributed by atoms with van der Waals surface area (Å²) < 4.78 is 5.45. The van der Waals surface area contributed by atoms with E-state index in [0.717, 1.165) is 39.1 Å². The van der Waals surface area contributed by atoms with E-state index in [1.165, 1.54) is 5.69 Å². The zero-order valence-corrected chi connectivity index (χ0v) is 11.1. The molecule has 0 saturated carbocycles. The van der Waals surface area contributed by atoms with Gasteiger partial charge in [0.2, 0.25) is 0 Å². The number of rotatable bonds is 6. The van der Waals surface area contributed by atoms with Crippen LogP contribution >= 0.6 is 11.3 Å². The average Bonchev–Trinajstić information content (AvgIpc) is 2.83. The van der Waals surface area contributed by atoms with Crippen LogP contribution in [0.15, 0.2) is 10.9 Å². The van der Waals surface area contributed by atoms with Crippen molar-refractivity contribution in [3.05, 3.63) is 16.6 Å². The van der Waals surface area contributed by atoms with Crippen molar-refractivity contribution in [1.82, 2.24) is 15.6 Å². The third-order valence-corrected chi connectivity index (χ3v) is 3.63. The minimum atomic E-state index is 0.505. The minimum Gasteiger partial charge on any atom is -0.379 e. The normalized spacial score (nSPS) is 22.5. The van der Waals surface area contributed by atoms with E-state index < -0.39 is 0 Å². The summed E-state index contributed by atoms with van der Waals surface area (Å²) in [7, 11) is 0. The summed E-state index contributed by atoms with van der Waals surface area (Å²) >= 11 is 1.66. The average molecular weight is 255 g/mol. The Labute approximate surface area is 107 Å². The van der Waals surface area contributed by atoms with E-state index in [2.05, 4.69) is 27.9 Å². The van der Waals surface area contributed by atoms with E-state index in [0.29, 0.717) is 12.1 Å². The van der Waals surface area contributed by atoms with E-state index in [1.807, 2.05) is 5.51 Å². The van der Waals surface area contributed by atoms with Gasteiger partial charge in [0.25, 0.3) is 0 Å². The lowest BCUT2D eigenvalue weighted by Crippen LogP contribution is -2.45.